The summed E-state index contributed by atoms with van der Waals surface area (Å²) in [6.07, 6.45) is 0. The van der Waals surface area contributed by atoms with Gasteiger partial charge in [-0.3, -0.25) is 0 Å². The lowest BCUT2D eigenvalue weighted by Crippen LogP contribution is -2.55. The molecule has 1 N–H and O–H groups in total. The molecule has 0 aliphatic carbocycles. The van der Waals surface area contributed by atoms with Gasteiger partial charge in [-0.1, -0.05) is 11.6 Å². The van der Waals surface area contributed by atoms with Crippen molar-refractivity contribution in [2.24, 2.45) is 0 Å². The number of halogens is 1. The molecule has 0 saturated carbocycles. The molecule has 0 unspecified atom stereocenters. The Morgan fingerprint density at radius 3 is 2.53 bits per heavy atom. The number of benzene rings is 1. The van der Waals surface area contributed by atoms with Crippen molar-refractivity contribution in [1.82, 2.24) is 5.32 Å². The highest BCUT2D eigenvalue weighted by Gasteiger charge is 2.24. The van der Waals surface area contributed by atoms with E-state index in [0.717, 1.165) is 18.8 Å². The number of nitriles is 1. The van der Waals surface area contributed by atoms with Gasteiger partial charge in [0, 0.05) is 30.9 Å². The normalized spacial score (nSPS) is 24.5. The first-order chi connectivity index (χ1) is 8.13. The number of nitrogens with zero attached hydrogens (tertiary/aromatic N) is 2. The van der Waals surface area contributed by atoms with Crippen LogP contribution in [0.25, 0.3) is 0 Å². The molecule has 1 aliphatic heterocycles. The van der Waals surface area contributed by atoms with Crippen LogP contribution >= 0.6 is 11.6 Å². The van der Waals surface area contributed by atoms with Crippen molar-refractivity contribution in [2.75, 3.05) is 18.0 Å². The maximum absolute atomic E-state index is 8.87. The SMILES string of the molecule is C[C@@H]1CNC[C@@H](C)N1c1ccc(C#N)c(Cl)c1. The van der Waals surface area contributed by atoms with Gasteiger partial charge >= 0.3 is 0 Å². The molecule has 0 amide bonds. The predicted octanol–water partition coefficient (Wildman–Crippen LogP) is 2.40. The monoisotopic (exact) mass is 249 g/mol. The van der Waals surface area contributed by atoms with Crippen LogP contribution < -0.4 is 10.2 Å². The molecular formula is C13H16ClN3. The Hall–Kier alpha value is -1.24. The first-order valence-corrected chi connectivity index (χ1v) is 6.20. The van der Waals surface area contributed by atoms with Crippen LogP contribution in [-0.2, 0) is 0 Å². The average Bonchev–Trinajstić information content (AvgIpc) is 2.29. The fraction of sp³-hybridized carbons (Fsp3) is 0.462. The summed E-state index contributed by atoms with van der Waals surface area (Å²) >= 11 is 6.08. The Morgan fingerprint density at radius 2 is 2.00 bits per heavy atom. The second kappa shape index (κ2) is 4.95. The third kappa shape index (κ3) is 2.38. The number of piperazine rings is 1. The first kappa shape index (κ1) is 12.2. The van der Waals surface area contributed by atoms with Gasteiger partial charge in [-0.25, -0.2) is 0 Å². The van der Waals surface area contributed by atoms with Gasteiger partial charge in [0.25, 0.3) is 0 Å². The number of hydrogen-bond donors (Lipinski definition) is 1. The Labute approximate surface area is 107 Å². The van der Waals surface area contributed by atoms with E-state index in [1.54, 1.807) is 6.07 Å². The molecule has 4 heteroatoms. The van der Waals surface area contributed by atoms with Gasteiger partial charge in [-0.2, -0.15) is 5.26 Å². The molecule has 2 rings (SSSR count). The summed E-state index contributed by atoms with van der Waals surface area (Å²) in [7, 11) is 0. The van der Waals surface area contributed by atoms with Crippen LogP contribution in [0, 0.1) is 11.3 Å². The molecule has 90 valence electrons. The second-order valence-corrected chi connectivity index (χ2v) is 4.95. The average molecular weight is 250 g/mol. The summed E-state index contributed by atoms with van der Waals surface area (Å²) < 4.78 is 0. The van der Waals surface area contributed by atoms with E-state index in [0.29, 0.717) is 22.7 Å². The van der Waals surface area contributed by atoms with E-state index >= 15 is 0 Å². The summed E-state index contributed by atoms with van der Waals surface area (Å²) in [6.45, 7) is 6.33. The van der Waals surface area contributed by atoms with Gasteiger partial charge in [-0.05, 0) is 32.0 Å². The standard InChI is InChI=1S/C13H16ClN3/c1-9-7-16-8-10(2)17(9)12-4-3-11(6-15)13(14)5-12/h3-5,9-10,16H,7-8H2,1-2H3/t9-,10-/m1/s1. The third-order valence-corrected chi connectivity index (χ3v) is 3.51. The highest BCUT2D eigenvalue weighted by Crippen LogP contribution is 2.27. The minimum Gasteiger partial charge on any atom is -0.364 e. The van der Waals surface area contributed by atoms with Crippen molar-refractivity contribution in [1.29, 1.82) is 5.26 Å². The zero-order valence-corrected chi connectivity index (χ0v) is 10.8. The zero-order valence-electron chi connectivity index (χ0n) is 10.1. The molecule has 1 aromatic rings. The van der Waals surface area contributed by atoms with Crippen LogP contribution in [0.5, 0.6) is 0 Å². The van der Waals surface area contributed by atoms with Crippen LogP contribution in [0.1, 0.15) is 19.4 Å². The number of rotatable bonds is 1. The smallest absolute Gasteiger partial charge is 0.101 e. The Kier molecular flexibility index (Phi) is 3.56. The summed E-state index contributed by atoms with van der Waals surface area (Å²) in [5.74, 6) is 0. The van der Waals surface area contributed by atoms with Crippen LogP contribution in [0.2, 0.25) is 5.02 Å². The van der Waals surface area contributed by atoms with Crippen LogP contribution in [0.4, 0.5) is 5.69 Å². The van der Waals surface area contributed by atoms with E-state index in [2.05, 4.69) is 30.1 Å². The van der Waals surface area contributed by atoms with E-state index in [4.69, 9.17) is 16.9 Å². The molecule has 1 aliphatic rings. The van der Waals surface area contributed by atoms with Gasteiger partial charge in [-0.15, -0.1) is 0 Å². The summed E-state index contributed by atoms with van der Waals surface area (Å²) in [5.41, 5.74) is 1.63. The molecule has 17 heavy (non-hydrogen) atoms. The molecule has 1 fully saturated rings. The van der Waals surface area contributed by atoms with Crippen LogP contribution in [0.3, 0.4) is 0 Å². The number of nitrogens with one attached hydrogen (secondary N) is 1. The maximum atomic E-state index is 8.87. The Balaban J connectivity index is 2.33. The van der Waals surface area contributed by atoms with E-state index in [9.17, 15) is 0 Å². The number of anilines is 1. The molecule has 0 radical (unpaired) electrons. The summed E-state index contributed by atoms with van der Waals surface area (Å²) in [5, 5.41) is 12.8. The van der Waals surface area contributed by atoms with Crippen molar-refractivity contribution in [3.05, 3.63) is 28.8 Å². The lowest BCUT2D eigenvalue weighted by atomic mass is 10.1. The van der Waals surface area contributed by atoms with Gasteiger partial charge in [0.05, 0.1) is 10.6 Å². The molecule has 0 bridgehead atoms. The Morgan fingerprint density at radius 1 is 1.35 bits per heavy atom. The van der Waals surface area contributed by atoms with Gasteiger partial charge in [0.2, 0.25) is 0 Å². The largest absolute Gasteiger partial charge is 0.364 e. The molecule has 3 nitrogen and oxygen atoms in total. The topological polar surface area (TPSA) is 39.1 Å². The fourth-order valence-corrected chi connectivity index (χ4v) is 2.61. The molecule has 0 spiro atoms. The molecule has 1 aromatic carbocycles. The van der Waals surface area contributed by atoms with Crippen molar-refractivity contribution in [2.45, 2.75) is 25.9 Å². The highest BCUT2D eigenvalue weighted by molar-refractivity contribution is 6.32. The van der Waals surface area contributed by atoms with Crippen molar-refractivity contribution in [3.63, 3.8) is 0 Å². The molecule has 0 aromatic heterocycles. The van der Waals surface area contributed by atoms with Gasteiger partial charge in [0.1, 0.15) is 6.07 Å². The summed E-state index contributed by atoms with van der Waals surface area (Å²) in [6, 6.07) is 8.60. The molecular weight excluding hydrogens is 234 g/mol. The Bertz CT molecular complexity index is 442. The first-order valence-electron chi connectivity index (χ1n) is 5.82. The lowest BCUT2D eigenvalue weighted by Gasteiger charge is -2.41. The molecule has 2 atom stereocenters. The maximum Gasteiger partial charge on any atom is 0.101 e. The lowest BCUT2D eigenvalue weighted by molar-refractivity contribution is 0.432. The van der Waals surface area contributed by atoms with Gasteiger partial charge < -0.3 is 10.2 Å². The highest BCUT2D eigenvalue weighted by atomic mass is 35.5. The van der Waals surface area contributed by atoms with E-state index in [1.807, 2.05) is 12.1 Å². The van der Waals surface area contributed by atoms with Crippen LogP contribution in [-0.4, -0.2) is 25.2 Å². The molecule has 1 saturated heterocycles. The minimum atomic E-state index is 0.433. The van der Waals surface area contributed by atoms with E-state index in [1.165, 1.54) is 0 Å². The third-order valence-electron chi connectivity index (χ3n) is 3.20. The van der Waals surface area contributed by atoms with Crippen LogP contribution in [0.15, 0.2) is 18.2 Å². The summed E-state index contributed by atoms with van der Waals surface area (Å²) in [4.78, 5) is 2.35. The molecule has 1 heterocycles. The van der Waals surface area contributed by atoms with E-state index < -0.39 is 0 Å². The van der Waals surface area contributed by atoms with Crippen molar-refractivity contribution in [3.8, 4) is 6.07 Å². The second-order valence-electron chi connectivity index (χ2n) is 4.54. The quantitative estimate of drug-likeness (QED) is 0.831. The minimum absolute atomic E-state index is 0.433. The zero-order chi connectivity index (χ0) is 12.4. The predicted molar refractivity (Wildman–Crippen MR) is 70.4 cm³/mol. The van der Waals surface area contributed by atoms with Crippen molar-refractivity contribution >= 4 is 17.3 Å². The van der Waals surface area contributed by atoms with Gasteiger partial charge in [0.15, 0.2) is 0 Å². The number of hydrogen-bond acceptors (Lipinski definition) is 3. The van der Waals surface area contributed by atoms with Crippen molar-refractivity contribution < 1.29 is 0 Å². The van der Waals surface area contributed by atoms with E-state index in [-0.39, 0.29) is 0 Å². The fourth-order valence-electron chi connectivity index (χ4n) is 2.40.